The second kappa shape index (κ2) is 11.8. The van der Waals surface area contributed by atoms with Crippen LogP contribution in [0.15, 0.2) is 59.4 Å². The third-order valence-corrected chi connectivity index (χ3v) is 6.48. The average molecular weight is 533 g/mol. The van der Waals surface area contributed by atoms with Crippen molar-refractivity contribution in [1.82, 2.24) is 20.6 Å². The van der Waals surface area contributed by atoms with E-state index < -0.39 is 29.9 Å². The highest BCUT2D eigenvalue weighted by Gasteiger charge is 2.29. The van der Waals surface area contributed by atoms with E-state index in [2.05, 4.69) is 20.6 Å². The van der Waals surface area contributed by atoms with E-state index >= 15 is 0 Å². The first kappa shape index (κ1) is 27.4. The predicted molar refractivity (Wildman–Crippen MR) is 148 cm³/mol. The fraction of sp³-hybridized carbons (Fsp3) is 0.310. The number of ether oxygens (including phenoxy) is 2. The summed E-state index contributed by atoms with van der Waals surface area (Å²) in [5.74, 6) is -0.978. The maximum Gasteiger partial charge on any atom is 0.328 e. The van der Waals surface area contributed by atoms with Crippen LogP contribution in [-0.4, -0.2) is 54.1 Å². The number of carbonyl (C=O) groups is 3. The Morgan fingerprint density at radius 2 is 1.59 bits per heavy atom. The lowest BCUT2D eigenvalue weighted by Crippen LogP contribution is -2.53. The molecule has 0 aliphatic heterocycles. The molecule has 0 aliphatic rings. The topological polar surface area (TPSA) is 142 Å². The molecule has 2 atom stereocenters. The number of fused-ring (bicyclic) bond motifs is 2. The average Bonchev–Trinajstić information content (AvgIpc) is 3.36. The van der Waals surface area contributed by atoms with Gasteiger partial charge in [0.2, 0.25) is 11.5 Å². The summed E-state index contributed by atoms with van der Waals surface area (Å²) in [5, 5.41) is 7.03. The highest BCUT2D eigenvalue weighted by atomic mass is 16.5. The lowest BCUT2D eigenvalue weighted by atomic mass is 9.99. The molecule has 2 aromatic heterocycles. The number of aromatic nitrogens is 2. The van der Waals surface area contributed by atoms with E-state index in [0.29, 0.717) is 23.3 Å². The molecule has 4 aromatic rings. The van der Waals surface area contributed by atoms with Crippen molar-refractivity contribution in [2.24, 2.45) is 5.92 Å². The van der Waals surface area contributed by atoms with Gasteiger partial charge in [-0.2, -0.15) is 0 Å². The van der Waals surface area contributed by atoms with Crippen molar-refractivity contribution < 1.29 is 23.9 Å². The van der Waals surface area contributed by atoms with E-state index in [0.717, 1.165) is 16.3 Å². The number of benzene rings is 2. The Labute approximate surface area is 225 Å². The zero-order valence-electron chi connectivity index (χ0n) is 22.3. The van der Waals surface area contributed by atoms with E-state index in [1.165, 1.54) is 13.2 Å². The number of para-hydroxylation sites is 1. The van der Waals surface area contributed by atoms with Crippen LogP contribution < -0.4 is 20.9 Å². The first-order valence-corrected chi connectivity index (χ1v) is 12.7. The van der Waals surface area contributed by atoms with E-state index in [1.54, 1.807) is 31.4 Å². The summed E-state index contributed by atoms with van der Waals surface area (Å²) < 4.78 is 10.3. The van der Waals surface area contributed by atoms with E-state index in [4.69, 9.17) is 9.47 Å². The Morgan fingerprint density at radius 3 is 2.31 bits per heavy atom. The van der Waals surface area contributed by atoms with Gasteiger partial charge in [-0.25, -0.2) is 4.79 Å². The summed E-state index contributed by atoms with van der Waals surface area (Å²) in [5.41, 5.74) is 1.88. The Kier molecular flexibility index (Phi) is 8.33. The Hall–Kier alpha value is -4.60. The zero-order chi connectivity index (χ0) is 28.1. The van der Waals surface area contributed by atoms with Crippen LogP contribution in [0.3, 0.4) is 0 Å². The number of amides is 2. The largest absolute Gasteiger partial charge is 0.496 e. The summed E-state index contributed by atoms with van der Waals surface area (Å²) in [6.07, 6.45) is 0.371. The molecule has 2 amide bonds. The van der Waals surface area contributed by atoms with Crippen molar-refractivity contribution in [3.63, 3.8) is 0 Å². The molecule has 39 heavy (non-hydrogen) atoms. The lowest BCUT2D eigenvalue weighted by Gasteiger charge is -2.23. The summed E-state index contributed by atoms with van der Waals surface area (Å²) in [6.45, 7) is 3.86. The smallest absolute Gasteiger partial charge is 0.328 e. The van der Waals surface area contributed by atoms with Crippen molar-refractivity contribution >= 4 is 39.6 Å². The quantitative estimate of drug-likeness (QED) is 0.231. The molecule has 0 spiro atoms. The summed E-state index contributed by atoms with van der Waals surface area (Å²) >= 11 is 0. The molecule has 2 aromatic carbocycles. The molecule has 4 rings (SSSR count). The molecule has 0 saturated heterocycles. The second-order valence-corrected chi connectivity index (χ2v) is 9.75. The summed E-state index contributed by atoms with van der Waals surface area (Å²) in [4.78, 5) is 57.3. The van der Waals surface area contributed by atoms with Crippen molar-refractivity contribution in [2.75, 3.05) is 14.2 Å². The van der Waals surface area contributed by atoms with Crippen LogP contribution in [0.4, 0.5) is 0 Å². The lowest BCUT2D eigenvalue weighted by molar-refractivity contribution is -0.145. The van der Waals surface area contributed by atoms with Gasteiger partial charge in [0.05, 0.1) is 14.2 Å². The van der Waals surface area contributed by atoms with Crippen LogP contribution in [0, 0.1) is 5.92 Å². The van der Waals surface area contributed by atoms with Crippen LogP contribution in [0.2, 0.25) is 0 Å². The number of rotatable bonds is 10. The molecule has 0 aliphatic carbocycles. The monoisotopic (exact) mass is 532 g/mol. The van der Waals surface area contributed by atoms with Crippen molar-refractivity contribution in [3.05, 3.63) is 76.2 Å². The minimum absolute atomic E-state index is 0.0347. The minimum atomic E-state index is -1.07. The van der Waals surface area contributed by atoms with E-state index in [1.807, 2.05) is 38.1 Å². The van der Waals surface area contributed by atoms with E-state index in [9.17, 15) is 19.2 Å². The van der Waals surface area contributed by atoms with Gasteiger partial charge in [0.1, 0.15) is 23.5 Å². The first-order chi connectivity index (χ1) is 18.7. The molecule has 0 radical (unpaired) electrons. The van der Waals surface area contributed by atoms with Gasteiger partial charge in [0.25, 0.3) is 5.91 Å². The van der Waals surface area contributed by atoms with Gasteiger partial charge in [-0.1, -0.05) is 38.1 Å². The van der Waals surface area contributed by atoms with Crippen LogP contribution in [-0.2, 0) is 20.7 Å². The van der Waals surface area contributed by atoms with Gasteiger partial charge < -0.3 is 30.1 Å². The van der Waals surface area contributed by atoms with Crippen molar-refractivity contribution in [1.29, 1.82) is 0 Å². The van der Waals surface area contributed by atoms with Crippen LogP contribution in [0.5, 0.6) is 5.75 Å². The highest BCUT2D eigenvalue weighted by Crippen LogP contribution is 2.26. The first-order valence-electron chi connectivity index (χ1n) is 12.7. The molecule has 0 bridgehead atoms. The highest BCUT2D eigenvalue weighted by molar-refractivity contribution is 6.01. The summed E-state index contributed by atoms with van der Waals surface area (Å²) in [7, 11) is 2.78. The normalized spacial score (nSPS) is 12.7. The number of pyridine rings is 1. The number of methoxy groups -OCH3 is 2. The maximum absolute atomic E-state index is 13.4. The maximum atomic E-state index is 13.4. The fourth-order valence-corrected chi connectivity index (χ4v) is 4.64. The molecule has 4 N–H and O–H groups in total. The number of aromatic amines is 2. The Bertz CT molecular complexity index is 1570. The number of carbonyl (C=O) groups excluding carboxylic acids is 3. The fourth-order valence-electron chi connectivity index (χ4n) is 4.64. The number of nitrogens with one attached hydrogen (secondary N) is 4. The number of H-pyrrole nitrogens is 2. The molecular formula is C29H32N4O6. The second-order valence-electron chi connectivity index (χ2n) is 9.75. The van der Waals surface area contributed by atoms with Gasteiger partial charge in [0, 0.05) is 34.3 Å². The number of hydrogen-bond acceptors (Lipinski definition) is 6. The standard InChI is InChI=1S/C29H32N4O6/c1-16(2)12-22(32-28(36)23-15-19-21(30-23)10-7-11-25(19)38-3)27(35)33-24(29(37)39-4)13-17-14-26(34)31-20-9-6-5-8-18(17)20/h5-11,14-16,22,24,30H,12-13H2,1-4H3,(H,31,34)(H,32,36)(H,33,35)/t22-,24?/m0/s1. The SMILES string of the molecule is COC(=O)C(Cc1cc(=O)[nH]c2ccccc12)NC(=O)[C@H](CC(C)C)NC(=O)c1cc2c(OC)cccc2[nH]1. The summed E-state index contributed by atoms with van der Waals surface area (Å²) in [6, 6.07) is 13.7. The molecular weight excluding hydrogens is 500 g/mol. The minimum Gasteiger partial charge on any atom is -0.496 e. The molecule has 1 unspecified atom stereocenters. The third-order valence-electron chi connectivity index (χ3n) is 6.48. The third kappa shape index (κ3) is 6.28. The predicted octanol–water partition coefficient (Wildman–Crippen LogP) is 3.06. The van der Waals surface area contributed by atoms with Gasteiger partial charge in [-0.3, -0.25) is 14.4 Å². The van der Waals surface area contributed by atoms with Crippen LogP contribution in [0.25, 0.3) is 21.8 Å². The van der Waals surface area contributed by atoms with Gasteiger partial charge in [-0.05, 0) is 42.2 Å². The number of hydrogen-bond donors (Lipinski definition) is 4. The molecule has 0 fully saturated rings. The van der Waals surface area contributed by atoms with Crippen LogP contribution >= 0.6 is 0 Å². The van der Waals surface area contributed by atoms with Gasteiger partial charge >= 0.3 is 5.97 Å². The molecule has 204 valence electrons. The molecule has 2 heterocycles. The van der Waals surface area contributed by atoms with Crippen LogP contribution in [0.1, 0.15) is 36.3 Å². The molecule has 10 heteroatoms. The molecule has 0 saturated carbocycles. The van der Waals surface area contributed by atoms with Crippen molar-refractivity contribution in [3.8, 4) is 5.75 Å². The van der Waals surface area contributed by atoms with Gasteiger partial charge in [-0.15, -0.1) is 0 Å². The van der Waals surface area contributed by atoms with Crippen molar-refractivity contribution in [2.45, 2.75) is 38.8 Å². The Morgan fingerprint density at radius 1 is 0.872 bits per heavy atom. The zero-order valence-corrected chi connectivity index (χ0v) is 22.3. The molecule has 10 nitrogen and oxygen atoms in total. The number of esters is 1. The Balaban J connectivity index is 1.57. The van der Waals surface area contributed by atoms with E-state index in [-0.39, 0.29) is 23.6 Å². The van der Waals surface area contributed by atoms with Gasteiger partial charge in [0.15, 0.2) is 0 Å².